The molecule has 0 saturated heterocycles. The molecule has 1 aromatic carbocycles. The van der Waals surface area contributed by atoms with Gasteiger partial charge in [0.15, 0.2) is 0 Å². The maximum absolute atomic E-state index is 5.82. The first-order chi connectivity index (χ1) is 8.52. The number of rotatable bonds is 7. The summed E-state index contributed by atoms with van der Waals surface area (Å²) >= 11 is 0. The molecule has 0 aliphatic carbocycles. The predicted molar refractivity (Wildman–Crippen MR) is 77.9 cm³/mol. The van der Waals surface area contributed by atoms with Crippen molar-refractivity contribution < 1.29 is 4.74 Å². The van der Waals surface area contributed by atoms with E-state index in [1.807, 2.05) is 24.3 Å². The molecule has 1 atom stereocenters. The van der Waals surface area contributed by atoms with Crippen LogP contribution in [0, 0.1) is 5.92 Å². The van der Waals surface area contributed by atoms with Crippen molar-refractivity contribution in [3.63, 3.8) is 0 Å². The summed E-state index contributed by atoms with van der Waals surface area (Å²) < 4.78 is 5.68. The van der Waals surface area contributed by atoms with Crippen LogP contribution in [0.5, 0.6) is 5.75 Å². The van der Waals surface area contributed by atoms with Crippen LogP contribution in [-0.4, -0.2) is 31.1 Å². The molecule has 0 aromatic heterocycles. The molecular formula is C15H26N2O. The molecule has 18 heavy (non-hydrogen) atoms. The first-order valence-electron chi connectivity index (χ1n) is 6.70. The SMILES string of the molecule is CC(C)C(C)N(C)CCCOc1ccccc1N. The highest BCUT2D eigenvalue weighted by Crippen LogP contribution is 2.19. The van der Waals surface area contributed by atoms with Crippen LogP contribution < -0.4 is 10.5 Å². The van der Waals surface area contributed by atoms with Gasteiger partial charge in [0.2, 0.25) is 0 Å². The minimum Gasteiger partial charge on any atom is -0.491 e. The predicted octanol–water partition coefficient (Wildman–Crippen LogP) is 3.01. The van der Waals surface area contributed by atoms with Gasteiger partial charge in [-0.3, -0.25) is 0 Å². The van der Waals surface area contributed by atoms with Gasteiger partial charge in [0, 0.05) is 12.6 Å². The summed E-state index contributed by atoms with van der Waals surface area (Å²) in [4.78, 5) is 2.38. The largest absolute Gasteiger partial charge is 0.491 e. The number of hydrogen-bond acceptors (Lipinski definition) is 3. The maximum atomic E-state index is 5.82. The Balaban J connectivity index is 2.25. The fourth-order valence-corrected chi connectivity index (χ4v) is 1.82. The summed E-state index contributed by atoms with van der Waals surface area (Å²) in [6.07, 6.45) is 1.02. The zero-order valence-electron chi connectivity index (χ0n) is 12.0. The molecule has 0 spiro atoms. The Kier molecular flexibility index (Phi) is 5.99. The van der Waals surface area contributed by atoms with Crippen molar-refractivity contribution in [1.29, 1.82) is 0 Å². The number of hydrogen-bond donors (Lipinski definition) is 1. The monoisotopic (exact) mass is 250 g/mol. The van der Waals surface area contributed by atoms with Crippen molar-refractivity contribution in [3.05, 3.63) is 24.3 Å². The van der Waals surface area contributed by atoms with Crippen molar-refractivity contribution in [2.45, 2.75) is 33.2 Å². The standard InChI is InChI=1S/C15H26N2O/c1-12(2)13(3)17(4)10-7-11-18-15-9-6-5-8-14(15)16/h5-6,8-9,12-13H,7,10-11,16H2,1-4H3. The topological polar surface area (TPSA) is 38.5 Å². The molecule has 3 nitrogen and oxygen atoms in total. The lowest BCUT2D eigenvalue weighted by atomic mass is 10.1. The van der Waals surface area contributed by atoms with Crippen molar-refractivity contribution >= 4 is 5.69 Å². The summed E-state index contributed by atoms with van der Waals surface area (Å²) in [5.74, 6) is 1.47. The first kappa shape index (κ1) is 14.8. The van der Waals surface area contributed by atoms with Crippen molar-refractivity contribution in [3.8, 4) is 5.75 Å². The Morgan fingerprint density at radius 2 is 1.89 bits per heavy atom. The summed E-state index contributed by atoms with van der Waals surface area (Å²) in [6.45, 7) is 8.53. The van der Waals surface area contributed by atoms with E-state index >= 15 is 0 Å². The van der Waals surface area contributed by atoms with Crippen LogP contribution in [0.3, 0.4) is 0 Å². The van der Waals surface area contributed by atoms with Gasteiger partial charge < -0.3 is 15.4 Å². The van der Waals surface area contributed by atoms with Crippen LogP contribution in [0.25, 0.3) is 0 Å². The van der Waals surface area contributed by atoms with Gasteiger partial charge in [-0.25, -0.2) is 0 Å². The Morgan fingerprint density at radius 3 is 2.50 bits per heavy atom. The highest BCUT2D eigenvalue weighted by Gasteiger charge is 2.12. The third kappa shape index (κ3) is 4.57. The van der Waals surface area contributed by atoms with E-state index in [9.17, 15) is 0 Å². The minimum atomic E-state index is 0.604. The van der Waals surface area contributed by atoms with E-state index in [0.717, 1.165) is 18.7 Å². The molecule has 3 heteroatoms. The molecule has 0 fully saturated rings. The van der Waals surface area contributed by atoms with E-state index in [2.05, 4.69) is 32.7 Å². The third-order valence-electron chi connectivity index (χ3n) is 3.49. The molecule has 102 valence electrons. The third-order valence-corrected chi connectivity index (χ3v) is 3.49. The smallest absolute Gasteiger partial charge is 0.142 e. The summed E-state index contributed by atoms with van der Waals surface area (Å²) in [6, 6.07) is 8.24. The van der Waals surface area contributed by atoms with Gasteiger partial charge in [-0.15, -0.1) is 0 Å². The first-order valence-corrected chi connectivity index (χ1v) is 6.70. The van der Waals surface area contributed by atoms with E-state index in [4.69, 9.17) is 10.5 Å². The van der Waals surface area contributed by atoms with Crippen LogP contribution >= 0.6 is 0 Å². The molecule has 1 unspecified atom stereocenters. The Bertz CT molecular complexity index is 352. The van der Waals surface area contributed by atoms with E-state index in [1.165, 1.54) is 0 Å². The van der Waals surface area contributed by atoms with E-state index in [1.54, 1.807) is 0 Å². The lowest BCUT2D eigenvalue weighted by Crippen LogP contribution is -2.34. The van der Waals surface area contributed by atoms with Crippen molar-refractivity contribution in [2.75, 3.05) is 25.9 Å². The van der Waals surface area contributed by atoms with Crippen LogP contribution in [0.2, 0.25) is 0 Å². The Labute approximate surface area is 111 Å². The fourth-order valence-electron chi connectivity index (χ4n) is 1.82. The van der Waals surface area contributed by atoms with Gasteiger partial charge in [0.25, 0.3) is 0 Å². The molecule has 2 N–H and O–H groups in total. The second kappa shape index (κ2) is 7.27. The lowest BCUT2D eigenvalue weighted by molar-refractivity contribution is 0.189. The second-order valence-electron chi connectivity index (χ2n) is 5.21. The number of nitrogens with two attached hydrogens (primary N) is 1. The number of para-hydroxylation sites is 2. The lowest BCUT2D eigenvalue weighted by Gasteiger charge is -2.27. The molecule has 0 radical (unpaired) electrons. The molecule has 0 bridgehead atoms. The normalized spacial score (nSPS) is 13.0. The average molecular weight is 250 g/mol. The van der Waals surface area contributed by atoms with Crippen molar-refractivity contribution in [1.82, 2.24) is 4.90 Å². The number of anilines is 1. The van der Waals surface area contributed by atoms with Crippen LogP contribution in [-0.2, 0) is 0 Å². The Hall–Kier alpha value is -1.22. The highest BCUT2D eigenvalue weighted by molar-refractivity contribution is 5.51. The number of nitrogen functional groups attached to an aromatic ring is 1. The fraction of sp³-hybridized carbons (Fsp3) is 0.600. The Morgan fingerprint density at radius 1 is 1.22 bits per heavy atom. The van der Waals surface area contributed by atoms with E-state index < -0.39 is 0 Å². The van der Waals surface area contributed by atoms with Crippen LogP contribution in [0.1, 0.15) is 27.2 Å². The average Bonchev–Trinajstić information content (AvgIpc) is 2.35. The molecule has 0 saturated carbocycles. The van der Waals surface area contributed by atoms with Gasteiger partial charge in [0.1, 0.15) is 5.75 Å². The van der Waals surface area contributed by atoms with Crippen molar-refractivity contribution in [2.24, 2.45) is 5.92 Å². The van der Waals surface area contributed by atoms with E-state index in [-0.39, 0.29) is 0 Å². The number of benzene rings is 1. The van der Waals surface area contributed by atoms with E-state index in [0.29, 0.717) is 24.3 Å². The second-order valence-corrected chi connectivity index (χ2v) is 5.21. The molecular weight excluding hydrogens is 224 g/mol. The molecule has 0 aliphatic rings. The van der Waals surface area contributed by atoms with Crippen LogP contribution in [0.4, 0.5) is 5.69 Å². The maximum Gasteiger partial charge on any atom is 0.142 e. The van der Waals surface area contributed by atoms with Gasteiger partial charge >= 0.3 is 0 Å². The number of nitrogens with zero attached hydrogens (tertiary/aromatic N) is 1. The highest BCUT2D eigenvalue weighted by atomic mass is 16.5. The molecule has 0 aliphatic heterocycles. The summed E-state index contributed by atoms with van der Waals surface area (Å²) in [5.41, 5.74) is 6.52. The zero-order valence-corrected chi connectivity index (χ0v) is 12.0. The summed E-state index contributed by atoms with van der Waals surface area (Å²) in [7, 11) is 2.17. The molecule has 0 heterocycles. The minimum absolute atomic E-state index is 0.604. The molecule has 0 amide bonds. The zero-order chi connectivity index (χ0) is 13.5. The quantitative estimate of drug-likeness (QED) is 0.597. The summed E-state index contributed by atoms with van der Waals surface area (Å²) in [5, 5.41) is 0. The number of ether oxygens (including phenoxy) is 1. The van der Waals surface area contributed by atoms with Gasteiger partial charge in [-0.2, -0.15) is 0 Å². The van der Waals surface area contributed by atoms with Gasteiger partial charge in [-0.05, 0) is 38.4 Å². The van der Waals surface area contributed by atoms with Crippen LogP contribution in [0.15, 0.2) is 24.3 Å². The van der Waals surface area contributed by atoms with Gasteiger partial charge in [0.05, 0.1) is 12.3 Å². The molecule has 1 rings (SSSR count). The molecule has 1 aromatic rings. The van der Waals surface area contributed by atoms with Gasteiger partial charge in [-0.1, -0.05) is 26.0 Å².